The number of hydrogen-bond donors (Lipinski definition) is 2. The zero-order valence-corrected chi connectivity index (χ0v) is 33.8. The van der Waals surface area contributed by atoms with Gasteiger partial charge in [0.05, 0.1) is 31.8 Å². The number of nitrogens with one attached hydrogen (secondary N) is 2. The van der Waals surface area contributed by atoms with Crippen molar-refractivity contribution in [1.29, 1.82) is 0 Å². The van der Waals surface area contributed by atoms with Crippen molar-refractivity contribution >= 4 is 64.6 Å². The third-order valence-electron chi connectivity index (χ3n) is 11.7. The topological polar surface area (TPSA) is 92.8 Å². The molecule has 2 aliphatic carbocycles. The van der Waals surface area contributed by atoms with E-state index in [2.05, 4.69) is 106 Å². The highest BCUT2D eigenvalue weighted by molar-refractivity contribution is 7.24. The predicted molar refractivity (Wildman–Crippen MR) is 231 cm³/mol. The Kier molecular flexibility index (Phi) is 9.91. The van der Waals surface area contributed by atoms with Crippen LogP contribution in [0.25, 0.3) is 52.9 Å². The van der Waals surface area contributed by atoms with Crippen molar-refractivity contribution in [2.24, 2.45) is 11.8 Å². The summed E-state index contributed by atoms with van der Waals surface area (Å²) in [4.78, 5) is 36.9. The first-order valence-electron chi connectivity index (χ1n) is 19.6. The Bertz CT molecular complexity index is 2550. The average Bonchev–Trinajstić information content (AvgIpc) is 3.93. The monoisotopic (exact) mass is 778 g/mol. The molecule has 4 aromatic heterocycles. The van der Waals surface area contributed by atoms with Crippen molar-refractivity contribution in [1.82, 2.24) is 29.4 Å². The summed E-state index contributed by atoms with van der Waals surface area (Å²) in [5.74, 6) is 1.57. The maximum absolute atomic E-state index is 12.7. The van der Waals surface area contributed by atoms with Gasteiger partial charge in [-0.1, -0.05) is 70.2 Å². The number of thiazole rings is 2. The lowest BCUT2D eigenvalue weighted by molar-refractivity contribution is 0.0910. The van der Waals surface area contributed by atoms with Crippen LogP contribution in [0.2, 0.25) is 0 Å². The molecule has 0 saturated heterocycles. The van der Waals surface area contributed by atoms with Crippen LogP contribution in [0.4, 0.5) is 0 Å². The quantitative estimate of drug-likeness (QED) is 0.134. The van der Waals surface area contributed by atoms with Crippen molar-refractivity contribution in [3.8, 4) is 22.5 Å². The summed E-state index contributed by atoms with van der Waals surface area (Å²) >= 11 is 3.29. The third-order valence-corrected chi connectivity index (χ3v) is 13.7. The molecule has 10 heteroatoms. The van der Waals surface area contributed by atoms with Crippen molar-refractivity contribution in [3.63, 3.8) is 0 Å². The molecular formula is C46H46N6O2S2. The number of aryl methyl sites for hydroxylation is 2. The van der Waals surface area contributed by atoms with Gasteiger partial charge in [-0.25, -0.2) is 9.97 Å². The van der Waals surface area contributed by atoms with Crippen LogP contribution in [0.3, 0.4) is 0 Å². The number of imidazole rings is 2. The summed E-state index contributed by atoms with van der Waals surface area (Å²) in [5.41, 5.74) is 10.6. The Hall–Kier alpha value is -5.00. The number of carbonyl (C=O) groups excluding carboxylic acids is 2. The van der Waals surface area contributed by atoms with Crippen LogP contribution >= 0.6 is 22.7 Å². The van der Waals surface area contributed by atoms with Gasteiger partial charge in [0.15, 0.2) is 21.5 Å². The Morgan fingerprint density at radius 2 is 1.05 bits per heavy atom. The number of aromatic nitrogens is 4. The van der Waals surface area contributed by atoms with Gasteiger partial charge >= 0.3 is 0 Å². The molecule has 4 heterocycles. The Balaban J connectivity index is 0.000000146. The van der Waals surface area contributed by atoms with Crippen LogP contribution in [0.5, 0.6) is 0 Å². The minimum Gasteiger partial charge on any atom is -0.317 e. The minimum atomic E-state index is 0.257. The maximum Gasteiger partial charge on any atom is 0.195 e. The van der Waals surface area contributed by atoms with Crippen molar-refractivity contribution in [3.05, 3.63) is 120 Å². The second-order valence-corrected chi connectivity index (χ2v) is 17.8. The zero-order chi connectivity index (χ0) is 38.5. The molecule has 8 aromatic rings. The summed E-state index contributed by atoms with van der Waals surface area (Å²) < 4.78 is 6.50. The van der Waals surface area contributed by atoms with Gasteiger partial charge in [-0.3, -0.25) is 18.4 Å². The molecule has 56 heavy (non-hydrogen) atoms. The van der Waals surface area contributed by atoms with Gasteiger partial charge in [-0.05, 0) is 114 Å². The van der Waals surface area contributed by atoms with Crippen LogP contribution in [0, 0.1) is 25.7 Å². The smallest absolute Gasteiger partial charge is 0.195 e. The number of ketones is 2. The molecule has 0 spiro atoms. The van der Waals surface area contributed by atoms with Crippen LogP contribution in [0.1, 0.15) is 70.4 Å². The van der Waals surface area contributed by atoms with Crippen LogP contribution in [0.15, 0.2) is 97.3 Å². The molecular weight excluding hydrogens is 733 g/mol. The lowest BCUT2D eigenvalue weighted by atomic mass is 9.77. The molecule has 2 fully saturated rings. The summed E-state index contributed by atoms with van der Waals surface area (Å²) in [6, 6.07) is 30.1. The largest absolute Gasteiger partial charge is 0.317 e. The van der Waals surface area contributed by atoms with Gasteiger partial charge in [0.2, 0.25) is 0 Å². The molecule has 2 saturated carbocycles. The molecule has 284 valence electrons. The highest BCUT2D eigenvalue weighted by Gasteiger charge is 2.31. The van der Waals surface area contributed by atoms with Crippen LogP contribution < -0.4 is 10.6 Å². The molecule has 2 N–H and O–H groups in total. The van der Waals surface area contributed by atoms with Gasteiger partial charge < -0.3 is 10.6 Å². The van der Waals surface area contributed by atoms with E-state index in [1.807, 2.05) is 38.4 Å². The molecule has 4 aromatic carbocycles. The summed E-state index contributed by atoms with van der Waals surface area (Å²) in [6.07, 6.45) is 9.94. The number of carbonyl (C=O) groups is 2. The second-order valence-electron chi connectivity index (χ2n) is 15.8. The first-order valence-corrected chi connectivity index (χ1v) is 21.2. The van der Waals surface area contributed by atoms with Crippen LogP contribution in [-0.4, -0.2) is 56.5 Å². The van der Waals surface area contributed by atoms with E-state index >= 15 is 0 Å². The van der Waals surface area contributed by atoms with Crippen molar-refractivity contribution in [2.45, 2.75) is 64.5 Å². The normalized spacial score (nSPS) is 19.2. The van der Waals surface area contributed by atoms with E-state index in [4.69, 9.17) is 9.97 Å². The molecule has 0 bridgehead atoms. The van der Waals surface area contributed by atoms with Gasteiger partial charge in [0.1, 0.15) is 0 Å². The van der Waals surface area contributed by atoms with E-state index in [0.29, 0.717) is 36.8 Å². The number of nitrogens with zero attached hydrogens (tertiary/aromatic N) is 4. The van der Waals surface area contributed by atoms with E-state index in [1.165, 1.54) is 11.1 Å². The lowest BCUT2D eigenvalue weighted by Crippen LogP contribution is -2.39. The minimum absolute atomic E-state index is 0.257. The third kappa shape index (κ3) is 7.23. The van der Waals surface area contributed by atoms with Crippen molar-refractivity contribution < 1.29 is 9.59 Å². The highest BCUT2D eigenvalue weighted by atomic mass is 32.1. The number of benzene rings is 4. The summed E-state index contributed by atoms with van der Waals surface area (Å²) in [7, 11) is 3.99. The predicted octanol–water partition coefficient (Wildman–Crippen LogP) is 10.2. The molecule has 8 nitrogen and oxygen atoms in total. The fraction of sp³-hybridized carbons (Fsp3) is 0.304. The second kappa shape index (κ2) is 15.2. The van der Waals surface area contributed by atoms with E-state index < -0.39 is 0 Å². The first-order chi connectivity index (χ1) is 27.2. The molecule has 0 radical (unpaired) electrons. The van der Waals surface area contributed by atoms with E-state index in [9.17, 15) is 9.59 Å². The number of Topliss-reactive ketones (excluding diaryl/α,β-unsaturated/α-hetero) is 2. The molecule has 2 aliphatic rings. The number of rotatable bonds is 10. The van der Waals surface area contributed by atoms with E-state index in [-0.39, 0.29) is 11.6 Å². The van der Waals surface area contributed by atoms with Gasteiger partial charge in [-0.2, -0.15) is 0 Å². The maximum atomic E-state index is 12.7. The lowest BCUT2D eigenvalue weighted by Gasteiger charge is -2.34. The van der Waals surface area contributed by atoms with Gasteiger partial charge in [0, 0.05) is 59.6 Å². The van der Waals surface area contributed by atoms with Crippen LogP contribution in [-0.2, 0) is 0 Å². The number of hydrogen-bond acceptors (Lipinski definition) is 8. The van der Waals surface area contributed by atoms with Gasteiger partial charge in [-0.15, -0.1) is 0 Å². The Morgan fingerprint density at radius 1 is 0.625 bits per heavy atom. The van der Waals surface area contributed by atoms with E-state index in [1.54, 1.807) is 22.7 Å². The highest BCUT2D eigenvalue weighted by Crippen LogP contribution is 2.35. The molecule has 0 atom stereocenters. The molecule has 0 amide bonds. The Labute approximate surface area is 334 Å². The molecule has 0 unspecified atom stereocenters. The number of fused-ring (bicyclic) bond motifs is 6. The SMILES string of the molecule is CNC1CC(CC(=O)c2ccc3c(c2)sc2nc(-c4cccc(C)c4)cn23)C1.CNC1CC(CC(=O)c2ccc3c(c2)sc2nc(-c4cccc(C)c4)cn23)C1. The fourth-order valence-corrected chi connectivity index (χ4v) is 10.4. The molecule has 10 rings (SSSR count). The van der Waals surface area contributed by atoms with Crippen molar-refractivity contribution in [2.75, 3.05) is 14.1 Å². The fourth-order valence-electron chi connectivity index (χ4n) is 8.27. The van der Waals surface area contributed by atoms with E-state index in [0.717, 1.165) is 89.7 Å². The standard InChI is InChI=1S/2C23H23N3OS/c2*1-14-4-3-5-16(8-14)19-13-26-20-7-6-17(12-22(20)28-23(26)25-19)21(27)11-15-9-18(10-15)24-2/h2*3-8,12-13,15,18,24H,9-11H2,1-2H3. The Morgan fingerprint density at radius 3 is 1.45 bits per heavy atom. The first kappa shape index (κ1) is 36.6. The molecule has 0 aliphatic heterocycles. The summed E-state index contributed by atoms with van der Waals surface area (Å²) in [6.45, 7) is 4.19. The zero-order valence-electron chi connectivity index (χ0n) is 32.2. The summed E-state index contributed by atoms with van der Waals surface area (Å²) in [5, 5.41) is 6.56. The van der Waals surface area contributed by atoms with Gasteiger partial charge in [0.25, 0.3) is 0 Å². The average molecular weight is 779 g/mol.